The van der Waals surface area contributed by atoms with Crippen LogP contribution in [0.1, 0.15) is 218 Å². The molecule has 118 heavy (non-hydrogen) atoms. The van der Waals surface area contributed by atoms with Crippen molar-refractivity contribution in [3.05, 3.63) is 211 Å². The highest BCUT2D eigenvalue weighted by Crippen LogP contribution is 2.37. The van der Waals surface area contributed by atoms with E-state index in [0.717, 1.165) is 83.6 Å². The lowest BCUT2D eigenvalue weighted by Crippen LogP contribution is -2.21. The maximum Gasteiger partial charge on any atom is 0.340 e. The SMILES string of the molecule is CSCC(=O)OCO/C(=C(/C#N)c1ccc(C(C)(C)C)cc1)c1cc(C)nn1C.Cc1cc(/C(OCOC(=O)C2CC2)=C(\C#N)c2ccc(C(C)(C)C)cc2)n(C)n1.Cc1cc(/C(OCOC(=O)C2CCCCC2)=C(\C#N)c2ccc(C(C)(C)C)cc2)n(C)n1.Cc1cc(/C(OCOC(=O)CF)=C(\C#N)c2ccc(C(C)(C)C)cc2)n(C)n1. The summed E-state index contributed by atoms with van der Waals surface area (Å²) in [5.41, 5.74) is 14.6. The average Bonchev–Trinajstić information content (AvgIpc) is 1.64. The molecule has 8 aromatic rings. The summed E-state index contributed by atoms with van der Waals surface area (Å²) in [4.78, 5) is 47.0. The minimum Gasteiger partial charge on any atom is -0.454 e. The fraction of sp³-hybridized carbons (Fsp3) is 0.435. The highest BCUT2D eigenvalue weighted by Gasteiger charge is 2.32. The molecule has 0 N–H and O–H groups in total. The summed E-state index contributed by atoms with van der Waals surface area (Å²) in [6, 6.07) is 47.5. The van der Waals surface area contributed by atoms with Crippen LogP contribution in [0.4, 0.5) is 4.39 Å². The first-order chi connectivity index (χ1) is 55.7. The van der Waals surface area contributed by atoms with Gasteiger partial charge in [-0.1, -0.05) is 199 Å². The van der Waals surface area contributed by atoms with Crippen molar-refractivity contribution < 1.29 is 61.5 Å². The Balaban J connectivity index is 0.000000217. The Kier molecular flexibility index (Phi) is 33.3. The van der Waals surface area contributed by atoms with E-state index in [1.807, 2.05) is 149 Å². The lowest BCUT2D eigenvalue weighted by molar-refractivity contribution is -0.158. The third-order valence-electron chi connectivity index (χ3n) is 19.3. The number of hydrogen-bond acceptors (Lipinski definition) is 21. The van der Waals surface area contributed by atoms with E-state index < -0.39 is 19.4 Å². The van der Waals surface area contributed by atoms with Gasteiger partial charge >= 0.3 is 23.9 Å². The predicted molar refractivity (Wildman–Crippen MR) is 454 cm³/mol. The number of thioether (sulfide) groups is 1. The monoisotopic (exact) mass is 1630 g/mol. The lowest BCUT2D eigenvalue weighted by atomic mass is 9.86. The number of nitriles is 4. The number of aryl methyl sites for hydroxylation is 8. The Morgan fingerprint density at radius 3 is 0.822 bits per heavy atom. The molecule has 2 aliphatic carbocycles. The van der Waals surface area contributed by atoms with Crippen molar-refractivity contribution in [1.29, 1.82) is 21.0 Å². The Morgan fingerprint density at radius 1 is 0.381 bits per heavy atom. The molecule has 2 saturated carbocycles. The first-order valence-electron chi connectivity index (χ1n) is 39.0. The summed E-state index contributed by atoms with van der Waals surface area (Å²) >= 11 is 1.37. The van der Waals surface area contributed by atoms with Crippen LogP contribution >= 0.6 is 11.8 Å². The van der Waals surface area contributed by atoms with E-state index in [1.165, 1.54) is 34.9 Å². The van der Waals surface area contributed by atoms with E-state index >= 15 is 0 Å². The van der Waals surface area contributed by atoms with Crippen LogP contribution in [-0.2, 0) is 107 Å². The molecule has 0 aliphatic heterocycles. The van der Waals surface area contributed by atoms with Gasteiger partial charge in [-0.2, -0.15) is 53.2 Å². The second kappa shape index (κ2) is 42.2. The van der Waals surface area contributed by atoms with Crippen LogP contribution in [0.5, 0.6) is 0 Å². The molecule has 0 spiro atoms. The molecule has 2 fully saturated rings. The number of ether oxygens (including phenoxy) is 8. The highest BCUT2D eigenvalue weighted by molar-refractivity contribution is 7.99. The zero-order valence-electron chi connectivity index (χ0n) is 71.9. The maximum absolute atomic E-state index is 12.4. The molecule has 0 amide bonds. The average molecular weight is 1630 g/mol. The second-order valence-electron chi connectivity index (χ2n) is 32.9. The molecule has 2 aliphatic rings. The van der Waals surface area contributed by atoms with Gasteiger partial charge in [-0.15, -0.1) is 0 Å². The van der Waals surface area contributed by atoms with Crippen LogP contribution in [-0.4, -0.2) is 109 Å². The number of aromatic nitrogens is 8. The topological polar surface area (TPSA) is 309 Å². The summed E-state index contributed by atoms with van der Waals surface area (Å²) < 4.78 is 62.5. The molecule has 24 nitrogen and oxygen atoms in total. The van der Waals surface area contributed by atoms with Crippen molar-refractivity contribution in [2.75, 3.05) is 45.9 Å². The van der Waals surface area contributed by atoms with Crippen LogP contribution in [0, 0.1) is 84.9 Å². The van der Waals surface area contributed by atoms with Gasteiger partial charge in [0.2, 0.25) is 27.2 Å². The van der Waals surface area contributed by atoms with Crippen LogP contribution < -0.4 is 0 Å². The standard InChI is InChI=1S/C26H33N3O3.C23H27N3O3.C22H27N3O3S.C21H24FN3O3/c1-18-15-23(29(5)28-18)24(31-17-32-25(30)20-9-7-6-8-10-20)22(16-27)19-11-13-21(14-12-19)26(2,3)4;1-15-12-20(26(5)25-15)21(28-14-29-22(27)17-6-7-17)19(13-24)16-8-10-18(11-9-16)23(2,3)4;1-15-11-19(25(5)24-15)21(28-14-27-20(26)13-29-6)18(12-23)16-7-9-17(10-8-16)22(2,3)4;1-14-10-18(25(5)24-14)20(28-13-27-19(26)11-22)17(12-23)15-6-8-16(9-7-15)21(2,3)4/h11-15,20H,6-10,17H2,1-5H3;8-12,17H,6-7,14H2,1-5H3;7-11H,13-14H2,1-6H3;6-10H,11,13H2,1-5H3/b24-22-;21-19-;21-18-;20-17-. The van der Waals surface area contributed by atoms with Crippen molar-refractivity contribution >= 4 is 81.0 Å². The first-order valence-corrected chi connectivity index (χ1v) is 40.4. The van der Waals surface area contributed by atoms with E-state index in [4.69, 9.17) is 33.2 Å². The van der Waals surface area contributed by atoms with Crippen LogP contribution in [0.25, 0.3) is 45.3 Å². The molecule has 0 bridgehead atoms. The van der Waals surface area contributed by atoms with Gasteiger partial charge in [0.1, 0.15) is 69.3 Å². The number of nitrogens with zero attached hydrogens (tertiary/aromatic N) is 12. The van der Waals surface area contributed by atoms with Gasteiger partial charge in [0.15, 0.2) is 29.7 Å². The Labute approximate surface area is 697 Å². The van der Waals surface area contributed by atoms with Crippen molar-refractivity contribution in [3.8, 4) is 24.3 Å². The summed E-state index contributed by atoms with van der Waals surface area (Å²) in [5, 5.41) is 57.0. The smallest absolute Gasteiger partial charge is 0.340 e. The van der Waals surface area contributed by atoms with Crippen LogP contribution in [0.2, 0.25) is 0 Å². The summed E-state index contributed by atoms with van der Waals surface area (Å²) in [6.07, 6.45) is 8.58. The maximum atomic E-state index is 12.4. The largest absolute Gasteiger partial charge is 0.454 e. The summed E-state index contributed by atoms with van der Waals surface area (Å²) in [7, 11) is 7.09. The molecule has 4 heterocycles. The van der Waals surface area contributed by atoms with Crippen LogP contribution in [0.15, 0.2) is 121 Å². The van der Waals surface area contributed by atoms with Gasteiger partial charge in [-0.25, -0.2) is 9.18 Å². The van der Waals surface area contributed by atoms with Gasteiger partial charge in [-0.3, -0.25) is 33.1 Å². The van der Waals surface area contributed by atoms with E-state index in [2.05, 4.69) is 132 Å². The lowest BCUT2D eigenvalue weighted by Gasteiger charge is -2.21. The van der Waals surface area contributed by atoms with Crippen molar-refractivity contribution in [2.45, 2.75) is 177 Å². The Morgan fingerprint density at radius 2 is 0.619 bits per heavy atom. The normalized spacial score (nSPS) is 13.7. The third kappa shape index (κ3) is 26.5. The highest BCUT2D eigenvalue weighted by atomic mass is 32.2. The fourth-order valence-electron chi connectivity index (χ4n) is 12.6. The minimum absolute atomic E-state index is 0.00893. The van der Waals surface area contributed by atoms with Crippen molar-refractivity contribution in [1.82, 2.24) is 39.1 Å². The molecular weight excluding hydrogens is 1520 g/mol. The molecule has 624 valence electrons. The zero-order valence-corrected chi connectivity index (χ0v) is 72.8. The predicted octanol–water partition coefficient (Wildman–Crippen LogP) is 18.1. The van der Waals surface area contributed by atoms with Crippen molar-refractivity contribution in [3.63, 3.8) is 0 Å². The number of alkyl halides is 1. The molecule has 4 aromatic carbocycles. The van der Waals surface area contributed by atoms with E-state index in [-0.39, 0.29) is 88.9 Å². The Hall–Kier alpha value is -12.0. The number of carbonyl (C=O) groups is 4. The quantitative estimate of drug-likeness (QED) is 0.0169. The molecule has 4 aromatic heterocycles. The third-order valence-corrected chi connectivity index (χ3v) is 19.9. The molecule has 0 atom stereocenters. The second-order valence-corrected chi connectivity index (χ2v) is 33.8. The van der Waals surface area contributed by atoms with Crippen molar-refractivity contribution in [2.24, 2.45) is 40.0 Å². The molecule has 0 radical (unpaired) electrons. The first kappa shape index (κ1) is 93.2. The summed E-state index contributed by atoms with van der Waals surface area (Å²) in [5.74, 6) is -0.455. The number of esters is 4. The van der Waals surface area contributed by atoms with E-state index in [1.54, 1.807) is 53.0 Å². The van der Waals surface area contributed by atoms with Gasteiger partial charge < -0.3 is 37.9 Å². The van der Waals surface area contributed by atoms with E-state index in [0.29, 0.717) is 62.3 Å². The van der Waals surface area contributed by atoms with Crippen LogP contribution in [0.3, 0.4) is 0 Å². The number of benzene rings is 4. The van der Waals surface area contributed by atoms with Gasteiger partial charge in [0, 0.05) is 28.2 Å². The van der Waals surface area contributed by atoms with Gasteiger partial charge in [0.25, 0.3) is 0 Å². The number of allylic oxidation sites excluding steroid dienone is 4. The van der Waals surface area contributed by atoms with E-state index in [9.17, 15) is 44.6 Å². The zero-order chi connectivity index (χ0) is 87.0. The molecule has 26 heteroatoms. The van der Waals surface area contributed by atoms with Gasteiger partial charge in [0.05, 0.1) is 40.4 Å². The number of rotatable bonds is 25. The molecule has 10 rings (SSSR count). The fourth-order valence-corrected chi connectivity index (χ4v) is 12.9. The Bertz CT molecular complexity index is 5110. The number of hydrogen-bond donors (Lipinski definition) is 0. The number of halogens is 1. The molecule has 0 unspecified atom stereocenters. The molecule has 0 saturated heterocycles. The minimum atomic E-state index is -1.24. The summed E-state index contributed by atoms with van der Waals surface area (Å²) in [6.45, 7) is 30.6. The van der Waals surface area contributed by atoms with Gasteiger partial charge in [-0.05, 0) is 150 Å². The number of carbonyl (C=O) groups excluding carboxylic acids is 4. The molecular formula is C92H111FN12O12S.